The standard InChI is InChI=1S/C18H18N2/c1-13-7-9-15(10-8-13)17(19-2)18-16-6-4-3-5-14(16)11-12-20-18/h3-12,17,19H,1-2H3. The number of hydrogen-bond donors (Lipinski definition) is 1. The normalized spacial score (nSPS) is 12.5. The first-order chi connectivity index (χ1) is 9.79. The second-order valence-corrected chi connectivity index (χ2v) is 5.05. The lowest BCUT2D eigenvalue weighted by molar-refractivity contribution is 0.677. The molecule has 100 valence electrons. The number of pyridine rings is 1. The van der Waals surface area contributed by atoms with Gasteiger partial charge >= 0.3 is 0 Å². The molecule has 1 N–H and O–H groups in total. The summed E-state index contributed by atoms with van der Waals surface area (Å²) < 4.78 is 0. The van der Waals surface area contributed by atoms with Gasteiger partial charge in [-0.15, -0.1) is 0 Å². The predicted octanol–water partition coefficient (Wildman–Crippen LogP) is 3.85. The summed E-state index contributed by atoms with van der Waals surface area (Å²) in [6.07, 6.45) is 1.89. The van der Waals surface area contributed by atoms with Gasteiger partial charge in [0, 0.05) is 11.6 Å². The minimum absolute atomic E-state index is 0.113. The lowest BCUT2D eigenvalue weighted by Crippen LogP contribution is -2.19. The van der Waals surface area contributed by atoms with E-state index in [1.807, 2.05) is 13.2 Å². The number of aryl methyl sites for hydroxylation is 1. The second kappa shape index (κ2) is 5.43. The van der Waals surface area contributed by atoms with E-state index in [2.05, 4.69) is 71.8 Å². The number of aromatic nitrogens is 1. The Balaban J connectivity index is 2.14. The van der Waals surface area contributed by atoms with E-state index in [1.165, 1.54) is 21.9 Å². The van der Waals surface area contributed by atoms with Crippen molar-refractivity contribution in [1.82, 2.24) is 10.3 Å². The lowest BCUT2D eigenvalue weighted by atomic mass is 9.98. The van der Waals surface area contributed by atoms with E-state index in [0.717, 1.165) is 5.69 Å². The van der Waals surface area contributed by atoms with Crippen molar-refractivity contribution in [2.45, 2.75) is 13.0 Å². The number of hydrogen-bond acceptors (Lipinski definition) is 2. The van der Waals surface area contributed by atoms with Crippen LogP contribution in [0, 0.1) is 6.92 Å². The minimum Gasteiger partial charge on any atom is -0.308 e. The summed E-state index contributed by atoms with van der Waals surface area (Å²) in [4.78, 5) is 4.61. The van der Waals surface area contributed by atoms with E-state index in [0.29, 0.717) is 0 Å². The van der Waals surface area contributed by atoms with E-state index >= 15 is 0 Å². The lowest BCUT2D eigenvalue weighted by Gasteiger charge is -2.18. The van der Waals surface area contributed by atoms with Crippen LogP contribution in [0.5, 0.6) is 0 Å². The molecular weight excluding hydrogens is 244 g/mol. The van der Waals surface area contributed by atoms with Crippen molar-refractivity contribution < 1.29 is 0 Å². The monoisotopic (exact) mass is 262 g/mol. The van der Waals surface area contributed by atoms with Crippen molar-refractivity contribution in [3.63, 3.8) is 0 Å². The largest absolute Gasteiger partial charge is 0.308 e. The summed E-state index contributed by atoms with van der Waals surface area (Å²) in [6.45, 7) is 2.11. The quantitative estimate of drug-likeness (QED) is 0.775. The molecule has 2 nitrogen and oxygen atoms in total. The van der Waals surface area contributed by atoms with E-state index < -0.39 is 0 Å². The fourth-order valence-electron chi connectivity index (χ4n) is 2.59. The van der Waals surface area contributed by atoms with Gasteiger partial charge in [-0.25, -0.2) is 0 Å². The Morgan fingerprint density at radius 1 is 0.950 bits per heavy atom. The Hall–Kier alpha value is -2.19. The highest BCUT2D eigenvalue weighted by molar-refractivity contribution is 5.85. The molecule has 0 radical (unpaired) electrons. The van der Waals surface area contributed by atoms with Gasteiger partial charge < -0.3 is 5.32 Å². The molecule has 0 aliphatic heterocycles. The van der Waals surface area contributed by atoms with Crippen LogP contribution in [0.1, 0.15) is 22.9 Å². The van der Waals surface area contributed by atoms with E-state index in [4.69, 9.17) is 0 Å². The van der Waals surface area contributed by atoms with Crippen molar-refractivity contribution in [2.24, 2.45) is 0 Å². The van der Waals surface area contributed by atoms with Crippen LogP contribution < -0.4 is 5.32 Å². The van der Waals surface area contributed by atoms with Crippen molar-refractivity contribution >= 4 is 10.8 Å². The highest BCUT2D eigenvalue weighted by atomic mass is 14.9. The Morgan fingerprint density at radius 3 is 2.45 bits per heavy atom. The molecule has 1 atom stereocenters. The number of fused-ring (bicyclic) bond motifs is 1. The van der Waals surface area contributed by atoms with Crippen LogP contribution in [0.15, 0.2) is 60.8 Å². The third-order valence-electron chi connectivity index (χ3n) is 3.68. The summed E-state index contributed by atoms with van der Waals surface area (Å²) in [7, 11) is 1.98. The average Bonchev–Trinajstić information content (AvgIpc) is 2.50. The molecule has 2 heteroatoms. The zero-order valence-corrected chi connectivity index (χ0v) is 11.8. The van der Waals surface area contributed by atoms with Gasteiger partial charge in [-0.3, -0.25) is 4.98 Å². The molecule has 3 aromatic rings. The van der Waals surface area contributed by atoms with Crippen LogP contribution in [0.4, 0.5) is 0 Å². The molecule has 0 amide bonds. The van der Waals surface area contributed by atoms with E-state index in [-0.39, 0.29) is 6.04 Å². The topological polar surface area (TPSA) is 24.9 Å². The Kier molecular flexibility index (Phi) is 3.48. The van der Waals surface area contributed by atoms with E-state index in [9.17, 15) is 0 Å². The molecule has 0 aliphatic rings. The van der Waals surface area contributed by atoms with Gasteiger partial charge in [0.25, 0.3) is 0 Å². The summed E-state index contributed by atoms with van der Waals surface area (Å²) in [6, 6.07) is 19.2. The molecule has 1 aromatic heterocycles. The Labute approximate surface area is 119 Å². The van der Waals surface area contributed by atoms with E-state index in [1.54, 1.807) is 0 Å². The number of rotatable bonds is 3. The van der Waals surface area contributed by atoms with Crippen LogP contribution in [0.25, 0.3) is 10.8 Å². The van der Waals surface area contributed by atoms with Gasteiger partial charge in [0.15, 0.2) is 0 Å². The van der Waals surface area contributed by atoms with Crippen LogP contribution in [0.2, 0.25) is 0 Å². The van der Waals surface area contributed by atoms with Crippen LogP contribution >= 0.6 is 0 Å². The molecule has 0 aliphatic carbocycles. The fraction of sp³-hybridized carbons (Fsp3) is 0.167. The second-order valence-electron chi connectivity index (χ2n) is 5.05. The number of nitrogens with zero attached hydrogens (tertiary/aromatic N) is 1. The summed E-state index contributed by atoms with van der Waals surface area (Å²) >= 11 is 0. The first-order valence-corrected chi connectivity index (χ1v) is 6.87. The highest BCUT2D eigenvalue weighted by Crippen LogP contribution is 2.26. The van der Waals surface area contributed by atoms with Gasteiger partial charge in [0.2, 0.25) is 0 Å². The molecule has 0 spiro atoms. The summed E-state index contributed by atoms with van der Waals surface area (Å²) in [5.74, 6) is 0. The molecule has 2 aromatic carbocycles. The minimum atomic E-state index is 0.113. The van der Waals surface area contributed by atoms with Gasteiger partial charge in [0.1, 0.15) is 0 Å². The average molecular weight is 262 g/mol. The van der Waals surface area contributed by atoms with Crippen LogP contribution in [-0.2, 0) is 0 Å². The maximum Gasteiger partial charge on any atom is 0.0755 e. The summed E-state index contributed by atoms with van der Waals surface area (Å²) in [5.41, 5.74) is 3.59. The van der Waals surface area contributed by atoms with Crippen LogP contribution in [-0.4, -0.2) is 12.0 Å². The molecule has 0 bridgehead atoms. The zero-order chi connectivity index (χ0) is 13.9. The van der Waals surface area contributed by atoms with Crippen molar-refractivity contribution in [3.8, 4) is 0 Å². The zero-order valence-electron chi connectivity index (χ0n) is 11.8. The molecule has 0 saturated heterocycles. The van der Waals surface area contributed by atoms with Crippen molar-refractivity contribution in [2.75, 3.05) is 7.05 Å². The maximum atomic E-state index is 4.61. The molecule has 3 rings (SSSR count). The first-order valence-electron chi connectivity index (χ1n) is 6.87. The van der Waals surface area contributed by atoms with Crippen LogP contribution in [0.3, 0.4) is 0 Å². The van der Waals surface area contributed by atoms with Gasteiger partial charge in [-0.05, 0) is 31.0 Å². The first kappa shape index (κ1) is 12.8. The smallest absolute Gasteiger partial charge is 0.0755 e. The molecule has 20 heavy (non-hydrogen) atoms. The number of benzene rings is 2. The highest BCUT2D eigenvalue weighted by Gasteiger charge is 2.15. The molecular formula is C18H18N2. The third-order valence-corrected chi connectivity index (χ3v) is 3.68. The van der Waals surface area contributed by atoms with Crippen molar-refractivity contribution in [3.05, 3.63) is 77.6 Å². The Bertz CT molecular complexity index is 712. The fourth-order valence-corrected chi connectivity index (χ4v) is 2.59. The Morgan fingerprint density at radius 2 is 1.70 bits per heavy atom. The van der Waals surface area contributed by atoms with Crippen molar-refractivity contribution in [1.29, 1.82) is 0 Å². The third kappa shape index (κ3) is 2.30. The molecule has 1 heterocycles. The molecule has 0 fully saturated rings. The number of nitrogens with one attached hydrogen (secondary N) is 1. The summed E-state index contributed by atoms with van der Waals surface area (Å²) in [5, 5.41) is 5.81. The maximum absolute atomic E-state index is 4.61. The van der Waals surface area contributed by atoms with Gasteiger partial charge in [-0.1, -0.05) is 54.1 Å². The van der Waals surface area contributed by atoms with Gasteiger partial charge in [-0.2, -0.15) is 0 Å². The van der Waals surface area contributed by atoms with Gasteiger partial charge in [0.05, 0.1) is 11.7 Å². The molecule has 0 saturated carbocycles. The molecule has 1 unspecified atom stereocenters. The SMILES string of the molecule is CNC(c1ccc(C)cc1)c1nccc2ccccc12. The predicted molar refractivity (Wildman–Crippen MR) is 83.8 cm³/mol.